The Balaban J connectivity index is 2.86. The van der Waals surface area contributed by atoms with Gasteiger partial charge in [0.25, 0.3) is 0 Å². The first-order valence-corrected chi connectivity index (χ1v) is 5.65. The normalized spacial score (nSPS) is 14.0. The highest BCUT2D eigenvalue weighted by molar-refractivity contribution is 9.11. The summed E-state index contributed by atoms with van der Waals surface area (Å²) in [6.07, 6.45) is -5.26. The molecule has 0 spiro atoms. The minimum Gasteiger partial charge on any atom is -0.324 e. The molecule has 0 saturated heterocycles. The van der Waals surface area contributed by atoms with Crippen molar-refractivity contribution in [2.75, 3.05) is 0 Å². The van der Waals surface area contributed by atoms with E-state index < -0.39 is 18.6 Å². The Morgan fingerprint density at radius 2 is 1.60 bits per heavy atom. The van der Waals surface area contributed by atoms with Gasteiger partial charge in [-0.15, -0.1) is 0 Å². The van der Waals surface area contributed by atoms with Crippen LogP contribution < -0.4 is 5.73 Å². The van der Waals surface area contributed by atoms with Crippen LogP contribution in [0.1, 0.15) is 18.0 Å². The van der Waals surface area contributed by atoms with Gasteiger partial charge in [-0.25, -0.2) is 0 Å². The van der Waals surface area contributed by atoms with E-state index in [1.165, 1.54) is 0 Å². The number of halogens is 5. The molecule has 0 saturated carbocycles. The molecule has 15 heavy (non-hydrogen) atoms. The summed E-state index contributed by atoms with van der Waals surface area (Å²) >= 11 is 6.39. The zero-order valence-electron chi connectivity index (χ0n) is 7.48. The lowest BCUT2D eigenvalue weighted by Crippen LogP contribution is -2.20. The smallest absolute Gasteiger partial charge is 0.324 e. The van der Waals surface area contributed by atoms with Crippen LogP contribution in [0.2, 0.25) is 0 Å². The maximum absolute atomic E-state index is 12.1. The van der Waals surface area contributed by atoms with Gasteiger partial charge in [-0.05, 0) is 23.8 Å². The quantitative estimate of drug-likeness (QED) is 0.854. The van der Waals surface area contributed by atoms with Gasteiger partial charge in [0.2, 0.25) is 0 Å². The van der Waals surface area contributed by atoms with E-state index in [1.807, 2.05) is 0 Å². The van der Waals surface area contributed by atoms with E-state index in [9.17, 15) is 13.2 Å². The molecule has 1 atom stereocenters. The van der Waals surface area contributed by atoms with Crippen molar-refractivity contribution in [3.05, 3.63) is 32.7 Å². The van der Waals surface area contributed by atoms with Crippen molar-refractivity contribution in [3.8, 4) is 0 Å². The van der Waals surface area contributed by atoms with Crippen LogP contribution in [0.15, 0.2) is 27.1 Å². The number of rotatable bonds is 2. The monoisotopic (exact) mass is 345 g/mol. The first kappa shape index (κ1) is 13.0. The third-order valence-electron chi connectivity index (χ3n) is 1.76. The molecule has 6 heteroatoms. The molecule has 1 aromatic carbocycles. The zero-order chi connectivity index (χ0) is 11.6. The highest BCUT2D eigenvalue weighted by Gasteiger charge is 2.31. The Kier molecular flexibility index (Phi) is 4.20. The van der Waals surface area contributed by atoms with Gasteiger partial charge in [-0.3, -0.25) is 0 Å². The second-order valence-corrected chi connectivity index (χ2v) is 4.96. The van der Waals surface area contributed by atoms with Gasteiger partial charge >= 0.3 is 6.18 Å². The Morgan fingerprint density at radius 1 is 1.13 bits per heavy atom. The summed E-state index contributed by atoms with van der Waals surface area (Å²) in [5, 5.41) is 0. The lowest BCUT2D eigenvalue weighted by molar-refractivity contribution is -0.138. The van der Waals surface area contributed by atoms with Gasteiger partial charge in [0.05, 0.1) is 6.42 Å². The van der Waals surface area contributed by atoms with Crippen LogP contribution in [0.25, 0.3) is 0 Å². The Bertz CT molecular complexity index is 331. The molecule has 1 nitrogen and oxygen atoms in total. The summed E-state index contributed by atoms with van der Waals surface area (Å²) in [6, 6.07) is 3.88. The van der Waals surface area contributed by atoms with Crippen LogP contribution in [0, 0.1) is 0 Å². The molecule has 0 amide bonds. The number of nitrogens with two attached hydrogens (primary N) is 1. The van der Waals surface area contributed by atoms with Crippen molar-refractivity contribution in [1.29, 1.82) is 0 Å². The van der Waals surface area contributed by atoms with E-state index >= 15 is 0 Å². The first-order valence-electron chi connectivity index (χ1n) is 4.06. The minimum absolute atomic E-state index is 0.452. The average molecular weight is 347 g/mol. The largest absolute Gasteiger partial charge is 0.390 e. The van der Waals surface area contributed by atoms with Crippen LogP contribution in [0.5, 0.6) is 0 Å². The molecular formula is C9H8Br2F3N. The summed E-state index contributed by atoms with van der Waals surface area (Å²) in [4.78, 5) is 0. The van der Waals surface area contributed by atoms with Gasteiger partial charge < -0.3 is 5.73 Å². The van der Waals surface area contributed by atoms with E-state index in [2.05, 4.69) is 31.9 Å². The zero-order valence-corrected chi connectivity index (χ0v) is 10.7. The molecule has 84 valence electrons. The molecule has 0 bridgehead atoms. The molecule has 1 aromatic rings. The molecule has 0 heterocycles. The molecule has 2 N–H and O–H groups in total. The second-order valence-electron chi connectivity index (χ2n) is 3.13. The maximum atomic E-state index is 12.1. The van der Waals surface area contributed by atoms with Crippen LogP contribution in [0.4, 0.5) is 13.2 Å². The van der Waals surface area contributed by atoms with Crippen molar-refractivity contribution >= 4 is 31.9 Å². The highest BCUT2D eigenvalue weighted by atomic mass is 79.9. The third kappa shape index (κ3) is 4.53. The van der Waals surface area contributed by atoms with E-state index in [-0.39, 0.29) is 0 Å². The van der Waals surface area contributed by atoms with Crippen molar-refractivity contribution in [2.45, 2.75) is 18.6 Å². The predicted octanol–water partition coefficient (Wildman–Crippen LogP) is 4.16. The third-order valence-corrected chi connectivity index (χ3v) is 2.68. The molecule has 0 aliphatic carbocycles. The van der Waals surface area contributed by atoms with Crippen LogP contribution in [0.3, 0.4) is 0 Å². The number of benzene rings is 1. The van der Waals surface area contributed by atoms with Crippen LogP contribution in [-0.2, 0) is 0 Å². The molecule has 0 aromatic heterocycles. The van der Waals surface area contributed by atoms with E-state index in [4.69, 9.17) is 5.73 Å². The molecule has 0 aliphatic rings. The fourth-order valence-electron chi connectivity index (χ4n) is 1.16. The summed E-state index contributed by atoms with van der Waals surface area (Å²) in [7, 11) is 0. The van der Waals surface area contributed by atoms with Crippen molar-refractivity contribution in [3.63, 3.8) is 0 Å². The number of hydrogen-bond donors (Lipinski definition) is 1. The topological polar surface area (TPSA) is 26.0 Å². The van der Waals surface area contributed by atoms with E-state index in [0.717, 1.165) is 0 Å². The molecule has 0 fully saturated rings. The van der Waals surface area contributed by atoms with Crippen molar-refractivity contribution in [2.24, 2.45) is 5.73 Å². The lowest BCUT2D eigenvalue weighted by Gasteiger charge is -2.15. The van der Waals surface area contributed by atoms with E-state index in [1.54, 1.807) is 18.2 Å². The highest BCUT2D eigenvalue weighted by Crippen LogP contribution is 2.30. The summed E-state index contributed by atoms with van der Waals surface area (Å²) in [5.41, 5.74) is 5.91. The Morgan fingerprint density at radius 3 is 2.00 bits per heavy atom. The van der Waals surface area contributed by atoms with Crippen molar-refractivity contribution < 1.29 is 13.2 Å². The van der Waals surface area contributed by atoms with Gasteiger partial charge in [0.1, 0.15) is 0 Å². The lowest BCUT2D eigenvalue weighted by atomic mass is 10.1. The minimum atomic E-state index is -4.24. The van der Waals surface area contributed by atoms with Gasteiger partial charge in [0, 0.05) is 15.0 Å². The summed E-state index contributed by atoms with van der Waals surface area (Å²) in [5.74, 6) is 0. The molecular weight excluding hydrogens is 339 g/mol. The molecule has 0 unspecified atom stereocenters. The first-order chi connectivity index (χ1) is 6.78. The number of hydrogen-bond acceptors (Lipinski definition) is 1. The summed E-state index contributed by atoms with van der Waals surface area (Å²) in [6.45, 7) is 0. The fraction of sp³-hybridized carbons (Fsp3) is 0.333. The maximum Gasteiger partial charge on any atom is 0.390 e. The standard InChI is InChI=1S/C9H8Br2F3N/c10-6-1-5(2-7(11)3-6)8(15)4-9(12,13)14/h1-3,8H,4,15H2/t8-/m0/s1. The number of alkyl halides is 3. The average Bonchev–Trinajstić information content (AvgIpc) is 1.98. The molecule has 0 radical (unpaired) electrons. The van der Waals surface area contributed by atoms with Gasteiger partial charge in [0.15, 0.2) is 0 Å². The van der Waals surface area contributed by atoms with E-state index in [0.29, 0.717) is 14.5 Å². The summed E-state index contributed by atoms with van der Waals surface area (Å²) < 4.78 is 37.7. The fourth-order valence-corrected chi connectivity index (χ4v) is 2.49. The second kappa shape index (κ2) is 4.84. The Labute approximate surface area is 102 Å². The van der Waals surface area contributed by atoms with Gasteiger partial charge in [-0.1, -0.05) is 31.9 Å². The molecule has 0 aliphatic heterocycles. The van der Waals surface area contributed by atoms with Gasteiger partial charge in [-0.2, -0.15) is 13.2 Å². The SMILES string of the molecule is N[C@@H](CC(F)(F)F)c1cc(Br)cc(Br)c1. The van der Waals surface area contributed by atoms with Crippen molar-refractivity contribution in [1.82, 2.24) is 0 Å². The molecule has 1 rings (SSSR count). The van der Waals surface area contributed by atoms with Crippen LogP contribution >= 0.6 is 31.9 Å². The predicted molar refractivity (Wildman–Crippen MR) is 59.4 cm³/mol. The van der Waals surface area contributed by atoms with Crippen LogP contribution in [-0.4, -0.2) is 6.18 Å². The Hall–Kier alpha value is -0.0700.